The Bertz CT molecular complexity index is 227. The molecule has 0 aromatic rings. The summed E-state index contributed by atoms with van der Waals surface area (Å²) in [4.78, 5) is 22.4. The van der Waals surface area contributed by atoms with Crippen LogP contribution in [0.1, 0.15) is 32.6 Å². The van der Waals surface area contributed by atoms with Crippen molar-refractivity contribution in [2.75, 3.05) is 6.54 Å². The molecular weight excluding hydrogens is 182 g/mol. The van der Waals surface area contributed by atoms with E-state index in [1.807, 2.05) is 6.92 Å². The Morgan fingerprint density at radius 3 is 2.36 bits per heavy atom. The van der Waals surface area contributed by atoms with Crippen LogP contribution in [0.2, 0.25) is 0 Å². The largest absolute Gasteiger partial charge is 0.481 e. The molecule has 0 aromatic carbocycles. The molecule has 1 saturated carbocycles. The van der Waals surface area contributed by atoms with Gasteiger partial charge in [0.2, 0.25) is 5.91 Å². The summed E-state index contributed by atoms with van der Waals surface area (Å²) >= 11 is 0. The van der Waals surface area contributed by atoms with E-state index < -0.39 is 11.9 Å². The van der Waals surface area contributed by atoms with Crippen molar-refractivity contribution >= 4 is 11.9 Å². The zero-order chi connectivity index (χ0) is 10.6. The fourth-order valence-corrected chi connectivity index (χ4v) is 2.05. The number of hydrogen-bond donors (Lipinski definition) is 2. The van der Waals surface area contributed by atoms with Gasteiger partial charge in [0.15, 0.2) is 0 Å². The van der Waals surface area contributed by atoms with Crippen molar-refractivity contribution in [3.8, 4) is 0 Å². The van der Waals surface area contributed by atoms with Crippen LogP contribution in [0.15, 0.2) is 0 Å². The van der Waals surface area contributed by atoms with Crippen LogP contribution < -0.4 is 5.32 Å². The number of hydrogen-bond acceptors (Lipinski definition) is 2. The number of rotatable bonds is 3. The van der Waals surface area contributed by atoms with Crippen molar-refractivity contribution in [2.45, 2.75) is 32.6 Å². The minimum Gasteiger partial charge on any atom is -0.481 e. The summed E-state index contributed by atoms with van der Waals surface area (Å²) in [5, 5.41) is 11.6. The fourth-order valence-electron chi connectivity index (χ4n) is 2.05. The molecular formula is C10H17NO3. The molecule has 0 aliphatic heterocycles. The van der Waals surface area contributed by atoms with E-state index in [9.17, 15) is 9.59 Å². The molecule has 2 N–H and O–H groups in total. The first-order valence-electron chi connectivity index (χ1n) is 5.17. The molecule has 0 spiro atoms. The number of carboxylic acids is 1. The van der Waals surface area contributed by atoms with Crippen molar-refractivity contribution in [2.24, 2.45) is 11.8 Å². The van der Waals surface area contributed by atoms with Gasteiger partial charge in [0.1, 0.15) is 0 Å². The van der Waals surface area contributed by atoms with Gasteiger partial charge in [-0.25, -0.2) is 0 Å². The monoisotopic (exact) mass is 199 g/mol. The lowest BCUT2D eigenvalue weighted by molar-refractivity contribution is -0.148. The number of amides is 1. The normalized spacial score (nSPS) is 26.9. The van der Waals surface area contributed by atoms with E-state index >= 15 is 0 Å². The molecule has 0 saturated heterocycles. The van der Waals surface area contributed by atoms with Gasteiger partial charge in [0.05, 0.1) is 11.8 Å². The molecule has 1 rings (SSSR count). The topological polar surface area (TPSA) is 66.4 Å². The van der Waals surface area contributed by atoms with E-state index in [0.717, 1.165) is 12.8 Å². The molecule has 0 bridgehead atoms. The number of aliphatic carboxylic acids is 1. The quantitative estimate of drug-likeness (QED) is 0.713. The molecule has 4 nitrogen and oxygen atoms in total. The molecule has 1 aliphatic carbocycles. The fraction of sp³-hybridized carbons (Fsp3) is 0.800. The summed E-state index contributed by atoms with van der Waals surface area (Å²) < 4.78 is 0. The van der Waals surface area contributed by atoms with Crippen LogP contribution in [0.25, 0.3) is 0 Å². The van der Waals surface area contributed by atoms with E-state index in [-0.39, 0.29) is 11.8 Å². The van der Waals surface area contributed by atoms with Crippen LogP contribution in [-0.4, -0.2) is 23.5 Å². The number of carbonyl (C=O) groups is 2. The summed E-state index contributed by atoms with van der Waals surface area (Å²) in [7, 11) is 0. The standard InChI is InChI=1S/C10H17NO3/c1-2-11-9(12)7-5-3-4-6-8(7)10(13)14/h7-8H,2-6H2,1H3,(H,11,12)(H,13,14)/t7-,8-/m1/s1. The Morgan fingerprint density at radius 2 is 1.86 bits per heavy atom. The van der Waals surface area contributed by atoms with Gasteiger partial charge in [-0.15, -0.1) is 0 Å². The van der Waals surface area contributed by atoms with Gasteiger partial charge in [0, 0.05) is 6.54 Å². The summed E-state index contributed by atoms with van der Waals surface area (Å²) in [6, 6.07) is 0. The maximum Gasteiger partial charge on any atom is 0.307 e. The maximum atomic E-state index is 11.5. The number of carboxylic acid groups (broad SMARTS) is 1. The Kier molecular flexibility index (Phi) is 3.92. The minimum absolute atomic E-state index is 0.0976. The molecule has 0 aromatic heterocycles. The van der Waals surface area contributed by atoms with Crippen molar-refractivity contribution in [1.29, 1.82) is 0 Å². The highest BCUT2D eigenvalue weighted by Gasteiger charge is 2.35. The van der Waals surface area contributed by atoms with Crippen LogP contribution in [0.5, 0.6) is 0 Å². The van der Waals surface area contributed by atoms with Gasteiger partial charge in [-0.2, -0.15) is 0 Å². The molecule has 1 aliphatic rings. The molecule has 1 fully saturated rings. The van der Waals surface area contributed by atoms with Crippen LogP contribution in [0, 0.1) is 11.8 Å². The Hall–Kier alpha value is -1.06. The third-order valence-electron chi connectivity index (χ3n) is 2.77. The van der Waals surface area contributed by atoms with E-state index in [1.165, 1.54) is 0 Å². The summed E-state index contributed by atoms with van der Waals surface area (Å²) in [6.45, 7) is 2.41. The van der Waals surface area contributed by atoms with Gasteiger partial charge >= 0.3 is 5.97 Å². The molecule has 2 atom stereocenters. The summed E-state index contributed by atoms with van der Waals surface area (Å²) in [5.41, 5.74) is 0. The SMILES string of the molecule is CCNC(=O)[C@@H]1CCCC[C@H]1C(=O)O. The predicted molar refractivity (Wildman–Crippen MR) is 51.8 cm³/mol. The summed E-state index contributed by atoms with van der Waals surface area (Å²) in [6.07, 6.45) is 3.23. The molecule has 0 unspecified atom stereocenters. The van der Waals surface area contributed by atoms with Gasteiger partial charge in [0.25, 0.3) is 0 Å². The van der Waals surface area contributed by atoms with Crippen LogP contribution in [0.3, 0.4) is 0 Å². The highest BCUT2D eigenvalue weighted by molar-refractivity contribution is 5.84. The zero-order valence-electron chi connectivity index (χ0n) is 8.45. The first kappa shape index (κ1) is 11.0. The lowest BCUT2D eigenvalue weighted by atomic mass is 9.79. The Labute approximate surface area is 83.7 Å². The Morgan fingerprint density at radius 1 is 1.29 bits per heavy atom. The second-order valence-corrected chi connectivity index (χ2v) is 3.73. The van der Waals surface area contributed by atoms with E-state index in [1.54, 1.807) is 0 Å². The smallest absolute Gasteiger partial charge is 0.307 e. The number of nitrogens with one attached hydrogen (secondary N) is 1. The third kappa shape index (κ3) is 2.47. The second kappa shape index (κ2) is 4.98. The summed E-state index contributed by atoms with van der Waals surface area (Å²) in [5.74, 6) is -1.72. The highest BCUT2D eigenvalue weighted by atomic mass is 16.4. The number of carbonyl (C=O) groups excluding carboxylic acids is 1. The van der Waals surface area contributed by atoms with Crippen LogP contribution in [-0.2, 0) is 9.59 Å². The molecule has 0 heterocycles. The van der Waals surface area contributed by atoms with Gasteiger partial charge in [-0.1, -0.05) is 12.8 Å². The maximum absolute atomic E-state index is 11.5. The van der Waals surface area contributed by atoms with Gasteiger partial charge in [-0.3, -0.25) is 9.59 Å². The van der Waals surface area contributed by atoms with E-state index in [2.05, 4.69) is 5.32 Å². The molecule has 4 heteroatoms. The molecule has 80 valence electrons. The van der Waals surface area contributed by atoms with E-state index in [4.69, 9.17) is 5.11 Å². The lowest BCUT2D eigenvalue weighted by Gasteiger charge is -2.27. The third-order valence-corrected chi connectivity index (χ3v) is 2.77. The van der Waals surface area contributed by atoms with E-state index in [0.29, 0.717) is 19.4 Å². The molecule has 0 radical (unpaired) electrons. The second-order valence-electron chi connectivity index (χ2n) is 3.73. The van der Waals surface area contributed by atoms with Crippen LogP contribution >= 0.6 is 0 Å². The minimum atomic E-state index is -0.832. The first-order chi connectivity index (χ1) is 6.66. The van der Waals surface area contributed by atoms with Crippen molar-refractivity contribution in [3.05, 3.63) is 0 Å². The van der Waals surface area contributed by atoms with Crippen LogP contribution in [0.4, 0.5) is 0 Å². The van der Waals surface area contributed by atoms with Crippen molar-refractivity contribution < 1.29 is 14.7 Å². The molecule has 14 heavy (non-hydrogen) atoms. The van der Waals surface area contributed by atoms with Crippen molar-refractivity contribution in [3.63, 3.8) is 0 Å². The van der Waals surface area contributed by atoms with Gasteiger partial charge < -0.3 is 10.4 Å². The predicted octanol–water partition coefficient (Wildman–Crippen LogP) is 1.01. The Balaban J connectivity index is 2.62. The van der Waals surface area contributed by atoms with Gasteiger partial charge in [-0.05, 0) is 19.8 Å². The zero-order valence-corrected chi connectivity index (χ0v) is 8.45. The average Bonchev–Trinajstić information content (AvgIpc) is 2.18. The molecule has 1 amide bonds. The van der Waals surface area contributed by atoms with Crippen molar-refractivity contribution in [1.82, 2.24) is 5.32 Å². The first-order valence-corrected chi connectivity index (χ1v) is 5.17. The average molecular weight is 199 g/mol. The lowest BCUT2D eigenvalue weighted by Crippen LogP contribution is -2.39. The highest BCUT2D eigenvalue weighted by Crippen LogP contribution is 2.30.